The molecule has 1 aliphatic heterocycles. The molecule has 10 heteroatoms. The van der Waals surface area contributed by atoms with Crippen molar-refractivity contribution in [3.63, 3.8) is 0 Å². The number of thioether (sulfide) groups is 2. The largest absolute Gasteiger partial charge is 0.462 e. The van der Waals surface area contributed by atoms with Crippen LogP contribution in [0, 0.1) is 0 Å². The van der Waals surface area contributed by atoms with Crippen molar-refractivity contribution in [1.82, 2.24) is 0 Å². The second kappa shape index (κ2) is 10.9. The Bertz CT molecular complexity index is 543. The lowest BCUT2D eigenvalue weighted by atomic mass is 10.4. The monoisotopic (exact) mass is 404 g/mol. The summed E-state index contributed by atoms with van der Waals surface area (Å²) >= 11 is 1.28. The molecule has 0 radical (unpaired) electrons. The molecule has 0 saturated heterocycles. The summed E-state index contributed by atoms with van der Waals surface area (Å²) in [7, 11) is 0. The van der Waals surface area contributed by atoms with Gasteiger partial charge >= 0.3 is 23.9 Å². The van der Waals surface area contributed by atoms with Gasteiger partial charge in [-0.05, 0) is 27.7 Å². The van der Waals surface area contributed by atoms with Crippen LogP contribution in [-0.2, 0) is 38.1 Å². The highest BCUT2D eigenvalue weighted by atomic mass is 32.2. The second-order valence-corrected chi connectivity index (χ2v) is 6.44. The van der Waals surface area contributed by atoms with Crippen molar-refractivity contribution in [2.75, 3.05) is 26.4 Å². The van der Waals surface area contributed by atoms with Crippen LogP contribution in [0.2, 0.25) is 0 Å². The molecule has 1 aliphatic rings. The highest BCUT2D eigenvalue weighted by Gasteiger charge is 2.38. The zero-order chi connectivity index (χ0) is 19.7. The average Bonchev–Trinajstić information content (AvgIpc) is 2.61. The van der Waals surface area contributed by atoms with Crippen LogP contribution in [0.25, 0.3) is 0 Å². The van der Waals surface area contributed by atoms with Gasteiger partial charge in [0.2, 0.25) is 0 Å². The van der Waals surface area contributed by atoms with Gasteiger partial charge in [-0.2, -0.15) is 0 Å². The summed E-state index contributed by atoms with van der Waals surface area (Å²) in [6.07, 6.45) is 0. The Morgan fingerprint density at radius 1 is 0.538 bits per heavy atom. The van der Waals surface area contributed by atoms with Gasteiger partial charge in [0.05, 0.1) is 26.4 Å². The van der Waals surface area contributed by atoms with E-state index in [1.165, 1.54) is 0 Å². The van der Waals surface area contributed by atoms with Crippen molar-refractivity contribution in [3.8, 4) is 0 Å². The van der Waals surface area contributed by atoms with Crippen molar-refractivity contribution in [2.24, 2.45) is 0 Å². The van der Waals surface area contributed by atoms with E-state index in [0.29, 0.717) is 23.5 Å². The van der Waals surface area contributed by atoms with Gasteiger partial charge in [-0.1, -0.05) is 23.5 Å². The number of hydrogen-bond acceptors (Lipinski definition) is 10. The van der Waals surface area contributed by atoms with Gasteiger partial charge in [0.1, 0.15) is 19.6 Å². The maximum absolute atomic E-state index is 12.2. The summed E-state index contributed by atoms with van der Waals surface area (Å²) in [5.74, 6) is -3.17. The Balaban J connectivity index is 3.38. The zero-order valence-corrected chi connectivity index (χ0v) is 16.5. The number of rotatable bonds is 8. The summed E-state index contributed by atoms with van der Waals surface area (Å²) in [6.45, 7) is 6.73. The van der Waals surface area contributed by atoms with Gasteiger partial charge in [-0.15, -0.1) is 0 Å². The van der Waals surface area contributed by atoms with E-state index in [4.69, 9.17) is 18.9 Å². The minimum Gasteiger partial charge on any atom is -0.462 e. The predicted octanol–water partition coefficient (Wildman–Crippen LogP) is 2.14. The third-order valence-electron chi connectivity index (χ3n) is 2.66. The maximum atomic E-state index is 12.2. The van der Waals surface area contributed by atoms with E-state index in [9.17, 15) is 19.2 Å². The van der Waals surface area contributed by atoms with Crippen LogP contribution in [0.1, 0.15) is 27.7 Å². The minimum atomic E-state index is -0.794. The van der Waals surface area contributed by atoms with E-state index in [1.54, 1.807) is 27.7 Å². The normalized spacial score (nSPS) is 14.0. The number of carbonyl (C=O) groups is 4. The topological polar surface area (TPSA) is 105 Å². The molecular weight excluding hydrogens is 384 g/mol. The first-order valence-electron chi connectivity index (χ1n) is 7.93. The molecule has 0 unspecified atom stereocenters. The van der Waals surface area contributed by atoms with Crippen molar-refractivity contribution >= 4 is 47.4 Å². The first-order chi connectivity index (χ1) is 12.4. The third kappa shape index (κ3) is 5.53. The van der Waals surface area contributed by atoms with Crippen molar-refractivity contribution in [2.45, 2.75) is 27.7 Å². The van der Waals surface area contributed by atoms with Crippen LogP contribution in [0.15, 0.2) is 19.6 Å². The standard InChI is InChI=1S/C16H20O8S2/c1-5-21-13(17)9-10(14(18)22-6-2)26-12(16(20)24-8-4)11(25-9)15(19)23-7-3/h5-8H2,1-4H3. The van der Waals surface area contributed by atoms with Crippen molar-refractivity contribution < 1.29 is 38.1 Å². The fourth-order valence-corrected chi connectivity index (χ4v) is 3.89. The Morgan fingerprint density at radius 2 is 0.731 bits per heavy atom. The molecule has 0 atom stereocenters. The summed E-state index contributed by atoms with van der Waals surface area (Å²) < 4.78 is 19.8. The lowest BCUT2D eigenvalue weighted by Crippen LogP contribution is -2.21. The van der Waals surface area contributed by atoms with Gasteiger partial charge in [0.15, 0.2) is 0 Å². The maximum Gasteiger partial charge on any atom is 0.346 e. The molecule has 0 spiro atoms. The predicted molar refractivity (Wildman–Crippen MR) is 95.8 cm³/mol. The van der Waals surface area contributed by atoms with Crippen LogP contribution in [0.3, 0.4) is 0 Å². The van der Waals surface area contributed by atoms with Gasteiger partial charge < -0.3 is 18.9 Å². The average molecular weight is 404 g/mol. The Hall–Kier alpha value is -1.94. The van der Waals surface area contributed by atoms with Crippen LogP contribution < -0.4 is 0 Å². The minimum absolute atomic E-state index is 0.0762. The summed E-state index contributed by atoms with van der Waals surface area (Å²) in [5.41, 5.74) is 0. The van der Waals surface area contributed by atoms with Gasteiger partial charge in [-0.3, -0.25) is 0 Å². The summed E-state index contributed by atoms with van der Waals surface area (Å²) in [5, 5.41) is 0. The fraction of sp³-hybridized carbons (Fsp3) is 0.500. The molecule has 0 aliphatic carbocycles. The first-order valence-corrected chi connectivity index (χ1v) is 9.57. The highest BCUT2D eigenvalue weighted by Crippen LogP contribution is 2.47. The molecule has 0 bridgehead atoms. The van der Waals surface area contributed by atoms with Crippen LogP contribution in [0.4, 0.5) is 0 Å². The van der Waals surface area contributed by atoms with Crippen LogP contribution >= 0.6 is 23.5 Å². The van der Waals surface area contributed by atoms with Crippen molar-refractivity contribution in [3.05, 3.63) is 19.6 Å². The molecular formula is C16H20O8S2. The fourth-order valence-electron chi connectivity index (χ4n) is 1.71. The molecule has 8 nitrogen and oxygen atoms in total. The lowest BCUT2D eigenvalue weighted by molar-refractivity contribution is -0.141. The lowest BCUT2D eigenvalue weighted by Gasteiger charge is -2.21. The zero-order valence-electron chi connectivity index (χ0n) is 14.9. The Labute approximate surface area is 159 Å². The van der Waals surface area contributed by atoms with Gasteiger partial charge in [0, 0.05) is 0 Å². The number of hydrogen-bond donors (Lipinski definition) is 0. The van der Waals surface area contributed by atoms with E-state index in [1.807, 2.05) is 0 Å². The number of esters is 4. The SMILES string of the molecule is CCOC(=O)C1=C(C(=O)OCC)SC(C(=O)OCC)=C(C(=O)OCC)S1. The molecule has 144 valence electrons. The molecule has 1 heterocycles. The quantitative estimate of drug-likeness (QED) is 0.441. The van der Waals surface area contributed by atoms with E-state index >= 15 is 0 Å². The molecule has 0 aromatic carbocycles. The van der Waals surface area contributed by atoms with Gasteiger partial charge in [-0.25, -0.2) is 19.2 Å². The Kier molecular flexibility index (Phi) is 9.28. The Morgan fingerprint density at radius 3 is 0.885 bits per heavy atom. The number of ether oxygens (including phenoxy) is 4. The number of carbonyl (C=O) groups excluding carboxylic acids is 4. The first kappa shape index (κ1) is 22.1. The van der Waals surface area contributed by atoms with E-state index in [2.05, 4.69) is 0 Å². The molecule has 0 amide bonds. The molecule has 0 N–H and O–H groups in total. The van der Waals surface area contributed by atoms with Crippen LogP contribution in [-0.4, -0.2) is 50.3 Å². The smallest absolute Gasteiger partial charge is 0.346 e. The molecule has 0 saturated carbocycles. The molecule has 0 aromatic rings. The summed E-state index contributed by atoms with van der Waals surface area (Å²) in [6, 6.07) is 0. The van der Waals surface area contributed by atoms with Gasteiger partial charge in [0.25, 0.3) is 0 Å². The summed E-state index contributed by atoms with van der Waals surface area (Å²) in [4.78, 5) is 48.4. The second-order valence-electron chi connectivity index (χ2n) is 4.40. The highest BCUT2D eigenvalue weighted by molar-refractivity contribution is 8.15. The van der Waals surface area contributed by atoms with Crippen LogP contribution in [0.5, 0.6) is 0 Å². The van der Waals surface area contributed by atoms with E-state index in [0.717, 1.165) is 0 Å². The molecule has 0 fully saturated rings. The molecule has 1 rings (SSSR count). The third-order valence-corrected chi connectivity index (χ3v) is 5.22. The van der Waals surface area contributed by atoms with E-state index < -0.39 is 23.9 Å². The van der Waals surface area contributed by atoms with E-state index in [-0.39, 0.29) is 46.0 Å². The van der Waals surface area contributed by atoms with Crippen molar-refractivity contribution in [1.29, 1.82) is 0 Å². The molecule has 26 heavy (non-hydrogen) atoms. The molecule has 0 aromatic heterocycles.